The van der Waals surface area contributed by atoms with E-state index in [1.54, 1.807) is 6.07 Å². The summed E-state index contributed by atoms with van der Waals surface area (Å²) in [6.07, 6.45) is 0.583. The third kappa shape index (κ3) is 8.34. The van der Waals surface area contributed by atoms with Crippen LogP contribution in [-0.2, 0) is 22.4 Å². The molecule has 0 aliphatic carbocycles. The van der Waals surface area contributed by atoms with Crippen molar-refractivity contribution in [2.45, 2.75) is 89.4 Å². The Kier molecular flexibility index (Phi) is 11.9. The molecule has 3 aromatic rings. The molecule has 47 heavy (non-hydrogen) atoms. The Labute approximate surface area is 266 Å². The summed E-state index contributed by atoms with van der Waals surface area (Å²) in [4.78, 5) is 24.2. The minimum Gasteiger partial charge on any atom is -0.493 e. The van der Waals surface area contributed by atoms with E-state index in [0.29, 0.717) is 17.4 Å². The SMILES string of the molecule is C=C(C)C(=O)OCCC(F)(F)C(F)(F)C(F)(F)C(F)(F)CCOc1ccc2cc(-c3ccc(CCCCC)cc3CC)c(=O)oc2c1. The number of unbranched alkanes of at least 4 members (excludes halogenated alkanes) is 2. The van der Waals surface area contributed by atoms with Crippen LogP contribution in [0.2, 0.25) is 0 Å². The summed E-state index contributed by atoms with van der Waals surface area (Å²) in [5.74, 6) is -25.8. The molecule has 0 atom stereocenters. The highest BCUT2D eigenvalue weighted by Gasteiger charge is 2.79. The number of halogens is 8. The zero-order valence-electron chi connectivity index (χ0n) is 26.2. The Morgan fingerprint density at radius 2 is 1.47 bits per heavy atom. The van der Waals surface area contributed by atoms with Gasteiger partial charge in [0.05, 0.1) is 31.6 Å². The first-order chi connectivity index (χ1) is 21.9. The second kappa shape index (κ2) is 14.9. The predicted octanol–water partition coefficient (Wildman–Crippen LogP) is 9.57. The first-order valence-electron chi connectivity index (χ1n) is 15.0. The maximum atomic E-state index is 14.4. The molecule has 3 rings (SSSR count). The van der Waals surface area contributed by atoms with Crippen molar-refractivity contribution in [1.82, 2.24) is 0 Å². The monoisotopic (exact) mass is 676 g/mol. The lowest BCUT2D eigenvalue weighted by Gasteiger charge is -2.36. The first-order valence-corrected chi connectivity index (χ1v) is 15.0. The van der Waals surface area contributed by atoms with Gasteiger partial charge in [0.15, 0.2) is 0 Å². The first kappa shape index (κ1) is 37.6. The molecule has 0 spiro atoms. The van der Waals surface area contributed by atoms with Crippen LogP contribution >= 0.6 is 0 Å². The zero-order chi connectivity index (χ0) is 35.2. The minimum atomic E-state index is -6.52. The second-order valence-corrected chi connectivity index (χ2v) is 11.3. The van der Waals surface area contributed by atoms with E-state index in [9.17, 15) is 44.7 Å². The number of ether oxygens (including phenoxy) is 2. The van der Waals surface area contributed by atoms with Gasteiger partial charge in [-0.05, 0) is 61.1 Å². The summed E-state index contributed by atoms with van der Waals surface area (Å²) in [6.45, 7) is 5.60. The number of carbonyl (C=O) groups is 1. The number of hydrogen-bond acceptors (Lipinski definition) is 5. The quantitative estimate of drug-likeness (QED) is 0.0469. The van der Waals surface area contributed by atoms with E-state index in [-0.39, 0.29) is 22.5 Å². The van der Waals surface area contributed by atoms with Crippen molar-refractivity contribution < 1.29 is 53.8 Å². The molecule has 0 bridgehead atoms. The van der Waals surface area contributed by atoms with Gasteiger partial charge in [-0.3, -0.25) is 0 Å². The Hall–Kier alpha value is -3.90. The van der Waals surface area contributed by atoms with Crippen LogP contribution in [0, 0.1) is 0 Å². The number of carbonyl (C=O) groups excluding carboxylic acids is 1. The Morgan fingerprint density at radius 1 is 0.830 bits per heavy atom. The summed E-state index contributed by atoms with van der Waals surface area (Å²) in [7, 11) is 0. The van der Waals surface area contributed by atoms with Crippen molar-refractivity contribution in [3.05, 3.63) is 76.2 Å². The largest absolute Gasteiger partial charge is 0.493 e. The topological polar surface area (TPSA) is 65.7 Å². The third-order valence-electron chi connectivity index (χ3n) is 7.61. The lowest BCUT2D eigenvalue weighted by atomic mass is 9.94. The summed E-state index contributed by atoms with van der Waals surface area (Å²) in [5.41, 5.74) is 2.05. The molecule has 0 aliphatic rings. The fourth-order valence-electron chi connectivity index (χ4n) is 4.77. The number of aryl methyl sites for hydroxylation is 2. The van der Waals surface area contributed by atoms with Crippen LogP contribution in [0.1, 0.15) is 64.0 Å². The van der Waals surface area contributed by atoms with Gasteiger partial charge in [0.2, 0.25) is 0 Å². The molecule has 0 radical (unpaired) electrons. The van der Waals surface area contributed by atoms with Crippen molar-refractivity contribution in [3.63, 3.8) is 0 Å². The van der Waals surface area contributed by atoms with Crippen LogP contribution in [0.4, 0.5) is 35.1 Å². The standard InChI is InChI=1S/C34H36F8O5/c1-5-7-8-9-22-10-13-26(23(6-2)18-22)27-19-24-11-12-25(20-28(24)47-30(27)44)45-16-14-31(35,36)33(39,40)34(41,42)32(37,38)15-17-46-29(43)21(3)4/h10-13,18-20H,3,5-9,14-17H2,1-2,4H3. The maximum absolute atomic E-state index is 14.4. The fourth-order valence-corrected chi connectivity index (χ4v) is 4.77. The highest BCUT2D eigenvalue weighted by Crippen LogP contribution is 2.54. The summed E-state index contributed by atoms with van der Waals surface area (Å²) < 4.78 is 128. The normalized spacial score (nSPS) is 12.7. The maximum Gasteiger partial charge on any atom is 0.378 e. The molecular weight excluding hydrogens is 640 g/mol. The van der Waals surface area contributed by atoms with Gasteiger partial charge in [0.1, 0.15) is 11.3 Å². The molecule has 2 aromatic carbocycles. The van der Waals surface area contributed by atoms with Gasteiger partial charge in [-0.15, -0.1) is 0 Å². The molecule has 258 valence electrons. The summed E-state index contributed by atoms with van der Waals surface area (Å²) in [6, 6.07) is 11.2. The highest BCUT2D eigenvalue weighted by molar-refractivity contribution is 5.87. The number of fused-ring (bicyclic) bond motifs is 1. The van der Waals surface area contributed by atoms with Gasteiger partial charge < -0.3 is 13.9 Å². The molecule has 1 heterocycles. The van der Waals surface area contributed by atoms with Gasteiger partial charge in [-0.25, -0.2) is 9.59 Å². The zero-order valence-corrected chi connectivity index (χ0v) is 26.2. The van der Waals surface area contributed by atoms with Crippen LogP contribution in [0.15, 0.2) is 63.8 Å². The number of rotatable bonds is 17. The van der Waals surface area contributed by atoms with E-state index in [2.05, 4.69) is 18.2 Å². The van der Waals surface area contributed by atoms with E-state index in [4.69, 9.17) is 9.15 Å². The molecule has 13 heteroatoms. The van der Waals surface area contributed by atoms with Crippen LogP contribution in [0.25, 0.3) is 22.1 Å². The van der Waals surface area contributed by atoms with Crippen LogP contribution in [0.3, 0.4) is 0 Å². The predicted molar refractivity (Wildman–Crippen MR) is 161 cm³/mol. The van der Waals surface area contributed by atoms with Crippen LogP contribution < -0.4 is 10.4 Å². The number of hydrogen-bond donors (Lipinski definition) is 0. The average molecular weight is 677 g/mol. The van der Waals surface area contributed by atoms with Gasteiger partial charge in [-0.1, -0.05) is 51.5 Å². The molecule has 0 amide bonds. The van der Waals surface area contributed by atoms with Gasteiger partial charge >= 0.3 is 35.3 Å². The van der Waals surface area contributed by atoms with Crippen molar-refractivity contribution in [2.24, 2.45) is 0 Å². The number of benzene rings is 2. The lowest BCUT2D eigenvalue weighted by molar-refractivity contribution is -0.368. The smallest absolute Gasteiger partial charge is 0.378 e. The van der Waals surface area contributed by atoms with Crippen molar-refractivity contribution in [1.29, 1.82) is 0 Å². The van der Waals surface area contributed by atoms with Gasteiger partial charge in [-0.2, -0.15) is 35.1 Å². The third-order valence-corrected chi connectivity index (χ3v) is 7.61. The van der Waals surface area contributed by atoms with E-state index < -0.39 is 61.3 Å². The van der Waals surface area contributed by atoms with Crippen LogP contribution in [-0.4, -0.2) is 42.9 Å². The van der Waals surface area contributed by atoms with E-state index >= 15 is 0 Å². The summed E-state index contributed by atoms with van der Waals surface area (Å²) in [5, 5.41) is 0.425. The molecule has 0 fully saturated rings. The van der Waals surface area contributed by atoms with E-state index in [1.807, 2.05) is 25.1 Å². The second-order valence-electron chi connectivity index (χ2n) is 11.3. The van der Waals surface area contributed by atoms with Crippen molar-refractivity contribution in [3.8, 4) is 16.9 Å². The Bertz CT molecular complexity index is 1630. The molecule has 0 aliphatic heterocycles. The molecule has 0 saturated heterocycles. The fraction of sp³-hybridized carbons (Fsp3) is 0.471. The van der Waals surface area contributed by atoms with Gasteiger partial charge in [0.25, 0.3) is 0 Å². The van der Waals surface area contributed by atoms with Crippen LogP contribution in [0.5, 0.6) is 5.75 Å². The van der Waals surface area contributed by atoms with Gasteiger partial charge in [0, 0.05) is 17.0 Å². The molecule has 5 nitrogen and oxygen atoms in total. The highest BCUT2D eigenvalue weighted by atomic mass is 19.4. The molecule has 0 N–H and O–H groups in total. The number of alkyl halides is 8. The van der Waals surface area contributed by atoms with E-state index in [0.717, 1.165) is 49.8 Å². The lowest BCUT2D eigenvalue weighted by Crippen LogP contribution is -2.62. The van der Waals surface area contributed by atoms with E-state index in [1.165, 1.54) is 12.1 Å². The molecule has 0 saturated carbocycles. The molecule has 1 aromatic heterocycles. The Balaban J connectivity index is 1.72. The molecule has 0 unspecified atom stereocenters. The van der Waals surface area contributed by atoms with Crippen molar-refractivity contribution >= 4 is 16.9 Å². The average Bonchev–Trinajstić information content (AvgIpc) is 3.00. The molecular formula is C34H36F8O5. The Morgan fingerprint density at radius 3 is 2.06 bits per heavy atom. The van der Waals surface area contributed by atoms with Crippen molar-refractivity contribution in [2.75, 3.05) is 13.2 Å². The summed E-state index contributed by atoms with van der Waals surface area (Å²) >= 11 is 0. The minimum absolute atomic E-state index is 0.0268. The number of esters is 1.